The van der Waals surface area contributed by atoms with Crippen molar-refractivity contribution in [3.8, 4) is 0 Å². The second-order valence-corrected chi connectivity index (χ2v) is 10.3. The topological polar surface area (TPSA) is 0 Å². The Balaban J connectivity index is 2.35. The molecule has 1 aromatic rings. The van der Waals surface area contributed by atoms with Crippen LogP contribution in [0, 0.1) is 0 Å². The average Bonchev–Trinajstić information content (AvgIpc) is 2.30. The van der Waals surface area contributed by atoms with Gasteiger partial charge in [-0.3, -0.25) is 0 Å². The molecule has 0 N–H and O–H groups in total. The number of hydrogen-bond donors (Lipinski definition) is 0. The standard InChI is InChI=1S/C15H26Si/c1-4-5-6-7-11-14-16(2,3)15-12-9-8-10-13-15/h8-10,12-13H,4-7,11,14H2,1-3H3. The van der Waals surface area contributed by atoms with Crippen LogP contribution >= 0.6 is 0 Å². The molecule has 1 rings (SSSR count). The zero-order valence-corrected chi connectivity index (χ0v) is 12.1. The summed E-state index contributed by atoms with van der Waals surface area (Å²) in [6, 6.07) is 12.6. The highest BCUT2D eigenvalue weighted by Gasteiger charge is 2.21. The largest absolute Gasteiger partial charge is 0.0806 e. The van der Waals surface area contributed by atoms with Crippen LogP contribution in [0.1, 0.15) is 39.0 Å². The lowest BCUT2D eigenvalue weighted by Crippen LogP contribution is -2.40. The molecule has 0 radical (unpaired) electrons. The number of unbranched alkanes of at least 4 members (excludes halogenated alkanes) is 4. The summed E-state index contributed by atoms with van der Waals surface area (Å²) in [6.07, 6.45) is 7.04. The van der Waals surface area contributed by atoms with Crippen LogP contribution in [0.4, 0.5) is 0 Å². The molecule has 0 bridgehead atoms. The van der Waals surface area contributed by atoms with Crippen molar-refractivity contribution in [2.45, 2.75) is 58.2 Å². The van der Waals surface area contributed by atoms with Crippen LogP contribution in [0.25, 0.3) is 0 Å². The highest BCUT2D eigenvalue weighted by Crippen LogP contribution is 2.15. The fourth-order valence-corrected chi connectivity index (χ4v) is 4.72. The second-order valence-electron chi connectivity index (χ2n) is 5.41. The van der Waals surface area contributed by atoms with Crippen molar-refractivity contribution >= 4 is 13.3 Å². The monoisotopic (exact) mass is 234 g/mol. The van der Waals surface area contributed by atoms with Crippen molar-refractivity contribution in [2.24, 2.45) is 0 Å². The maximum Gasteiger partial charge on any atom is 0.0806 e. The molecular formula is C15H26Si. The van der Waals surface area contributed by atoms with E-state index in [9.17, 15) is 0 Å². The summed E-state index contributed by atoms with van der Waals surface area (Å²) in [5.41, 5.74) is 0. The molecule has 0 aliphatic rings. The quantitative estimate of drug-likeness (QED) is 0.479. The van der Waals surface area contributed by atoms with Crippen LogP contribution in [-0.4, -0.2) is 8.07 Å². The van der Waals surface area contributed by atoms with Gasteiger partial charge in [0.15, 0.2) is 0 Å². The molecule has 0 nitrogen and oxygen atoms in total. The van der Waals surface area contributed by atoms with Crippen LogP contribution in [-0.2, 0) is 0 Å². The first-order valence-corrected chi connectivity index (χ1v) is 9.93. The van der Waals surface area contributed by atoms with Crippen molar-refractivity contribution in [1.82, 2.24) is 0 Å². The van der Waals surface area contributed by atoms with Crippen LogP contribution in [0.15, 0.2) is 30.3 Å². The molecule has 0 unspecified atom stereocenters. The molecule has 0 fully saturated rings. The molecule has 0 heterocycles. The van der Waals surface area contributed by atoms with Gasteiger partial charge in [0.05, 0.1) is 8.07 Å². The van der Waals surface area contributed by atoms with Crippen LogP contribution in [0.3, 0.4) is 0 Å². The van der Waals surface area contributed by atoms with E-state index in [2.05, 4.69) is 50.3 Å². The van der Waals surface area contributed by atoms with Crippen molar-refractivity contribution in [3.63, 3.8) is 0 Å². The highest BCUT2D eigenvalue weighted by molar-refractivity contribution is 6.89. The molecule has 0 aliphatic carbocycles. The zero-order valence-electron chi connectivity index (χ0n) is 11.1. The van der Waals surface area contributed by atoms with E-state index in [1.165, 1.54) is 38.1 Å². The van der Waals surface area contributed by atoms with Gasteiger partial charge < -0.3 is 0 Å². The van der Waals surface area contributed by atoms with E-state index in [1.807, 2.05) is 0 Å². The Kier molecular flexibility index (Phi) is 5.82. The van der Waals surface area contributed by atoms with Gasteiger partial charge >= 0.3 is 0 Å². The van der Waals surface area contributed by atoms with Crippen LogP contribution in [0.2, 0.25) is 19.1 Å². The molecule has 0 atom stereocenters. The second kappa shape index (κ2) is 6.90. The van der Waals surface area contributed by atoms with Gasteiger partial charge in [0.2, 0.25) is 0 Å². The van der Waals surface area contributed by atoms with Gasteiger partial charge in [0.25, 0.3) is 0 Å². The van der Waals surface area contributed by atoms with Gasteiger partial charge in [-0.05, 0) is 0 Å². The van der Waals surface area contributed by atoms with Crippen LogP contribution < -0.4 is 5.19 Å². The van der Waals surface area contributed by atoms with Crippen LogP contribution in [0.5, 0.6) is 0 Å². The molecule has 0 spiro atoms. The van der Waals surface area contributed by atoms with E-state index in [0.29, 0.717) is 0 Å². The Morgan fingerprint density at radius 1 is 0.875 bits per heavy atom. The first kappa shape index (κ1) is 13.5. The first-order chi connectivity index (χ1) is 7.67. The normalized spacial score (nSPS) is 11.7. The average molecular weight is 234 g/mol. The zero-order chi connectivity index (χ0) is 11.9. The molecule has 0 saturated carbocycles. The van der Waals surface area contributed by atoms with Crippen molar-refractivity contribution in [2.75, 3.05) is 0 Å². The van der Waals surface area contributed by atoms with E-state index < -0.39 is 8.07 Å². The van der Waals surface area contributed by atoms with E-state index in [4.69, 9.17) is 0 Å². The molecular weight excluding hydrogens is 208 g/mol. The summed E-state index contributed by atoms with van der Waals surface area (Å²) in [5, 5.41) is 1.62. The Bertz CT molecular complexity index is 277. The molecule has 1 heteroatoms. The van der Waals surface area contributed by atoms with E-state index in [0.717, 1.165) is 0 Å². The summed E-state index contributed by atoms with van der Waals surface area (Å²) >= 11 is 0. The van der Waals surface area contributed by atoms with Gasteiger partial charge in [-0.15, -0.1) is 0 Å². The summed E-state index contributed by atoms with van der Waals surface area (Å²) in [5.74, 6) is 0. The van der Waals surface area contributed by atoms with Gasteiger partial charge in [-0.1, -0.05) is 93.7 Å². The highest BCUT2D eigenvalue weighted by atomic mass is 28.3. The van der Waals surface area contributed by atoms with E-state index in [1.54, 1.807) is 5.19 Å². The lowest BCUT2D eigenvalue weighted by Gasteiger charge is -2.22. The summed E-state index contributed by atoms with van der Waals surface area (Å²) in [6.45, 7) is 7.28. The third kappa shape index (κ3) is 4.52. The Morgan fingerprint density at radius 3 is 2.12 bits per heavy atom. The van der Waals surface area contributed by atoms with Gasteiger partial charge in [-0.25, -0.2) is 0 Å². The maximum atomic E-state index is 2.50. The lowest BCUT2D eigenvalue weighted by atomic mass is 10.2. The number of rotatable bonds is 7. The number of benzene rings is 1. The summed E-state index contributed by atoms with van der Waals surface area (Å²) < 4.78 is 0. The van der Waals surface area contributed by atoms with Crippen molar-refractivity contribution < 1.29 is 0 Å². The molecule has 1 aromatic carbocycles. The van der Waals surface area contributed by atoms with Crippen molar-refractivity contribution in [3.05, 3.63) is 30.3 Å². The predicted octanol–water partition coefficient (Wildman–Crippen LogP) is 4.57. The summed E-state index contributed by atoms with van der Waals surface area (Å²) in [4.78, 5) is 0. The summed E-state index contributed by atoms with van der Waals surface area (Å²) in [7, 11) is -1.14. The minimum Gasteiger partial charge on any atom is -0.0654 e. The van der Waals surface area contributed by atoms with Gasteiger partial charge in [-0.2, -0.15) is 0 Å². The van der Waals surface area contributed by atoms with E-state index in [-0.39, 0.29) is 0 Å². The lowest BCUT2D eigenvalue weighted by molar-refractivity contribution is 0.653. The number of hydrogen-bond acceptors (Lipinski definition) is 0. The first-order valence-electron chi connectivity index (χ1n) is 6.72. The molecule has 90 valence electrons. The smallest absolute Gasteiger partial charge is 0.0654 e. The molecule has 0 saturated heterocycles. The minimum absolute atomic E-state index is 1.14. The molecule has 0 aromatic heterocycles. The van der Waals surface area contributed by atoms with Gasteiger partial charge in [0, 0.05) is 0 Å². The molecule has 16 heavy (non-hydrogen) atoms. The van der Waals surface area contributed by atoms with Crippen molar-refractivity contribution in [1.29, 1.82) is 0 Å². The van der Waals surface area contributed by atoms with Gasteiger partial charge in [0.1, 0.15) is 0 Å². The minimum atomic E-state index is -1.14. The Morgan fingerprint density at radius 2 is 1.50 bits per heavy atom. The Labute approximate surface area is 102 Å². The third-order valence-electron chi connectivity index (χ3n) is 3.46. The third-order valence-corrected chi connectivity index (χ3v) is 6.96. The molecule has 0 aliphatic heterocycles. The molecule has 0 amide bonds. The fourth-order valence-electron chi connectivity index (χ4n) is 2.20. The fraction of sp³-hybridized carbons (Fsp3) is 0.600. The SMILES string of the molecule is CCCCCCC[Si](C)(C)c1ccccc1. The Hall–Kier alpha value is -0.563. The predicted molar refractivity (Wildman–Crippen MR) is 77.1 cm³/mol. The maximum absolute atomic E-state index is 2.50. The van der Waals surface area contributed by atoms with E-state index >= 15 is 0 Å².